The van der Waals surface area contributed by atoms with Gasteiger partial charge in [0.15, 0.2) is 0 Å². The first kappa shape index (κ1) is 13.3. The summed E-state index contributed by atoms with van der Waals surface area (Å²) in [5.41, 5.74) is 1.40. The highest BCUT2D eigenvalue weighted by atomic mass is 16.5. The Morgan fingerprint density at radius 2 is 2.00 bits per heavy atom. The Bertz CT molecular complexity index is 365. The SMILES string of the molecule is CNc1cnc(COC2CCC(C)(C)CC2)cn1. The van der Waals surface area contributed by atoms with Crippen molar-refractivity contribution in [1.29, 1.82) is 0 Å². The van der Waals surface area contributed by atoms with Gasteiger partial charge in [-0.1, -0.05) is 13.8 Å². The fraction of sp³-hybridized carbons (Fsp3) is 0.714. The highest BCUT2D eigenvalue weighted by Gasteiger charge is 2.27. The smallest absolute Gasteiger partial charge is 0.144 e. The fourth-order valence-electron chi connectivity index (χ4n) is 2.30. The summed E-state index contributed by atoms with van der Waals surface area (Å²) < 4.78 is 5.91. The normalized spacial score (nSPS) is 19.7. The minimum atomic E-state index is 0.392. The third-order valence-electron chi connectivity index (χ3n) is 3.71. The maximum absolute atomic E-state index is 5.91. The Kier molecular flexibility index (Phi) is 4.17. The molecule has 4 heteroatoms. The molecule has 1 saturated carbocycles. The van der Waals surface area contributed by atoms with E-state index in [4.69, 9.17) is 4.74 Å². The number of hydrogen-bond acceptors (Lipinski definition) is 4. The maximum atomic E-state index is 5.91. The zero-order valence-electron chi connectivity index (χ0n) is 11.6. The summed E-state index contributed by atoms with van der Waals surface area (Å²) in [6, 6.07) is 0. The molecule has 0 radical (unpaired) electrons. The lowest BCUT2D eigenvalue weighted by molar-refractivity contribution is -0.00698. The van der Waals surface area contributed by atoms with Gasteiger partial charge in [-0.25, -0.2) is 4.98 Å². The topological polar surface area (TPSA) is 47.0 Å². The molecule has 1 aliphatic carbocycles. The largest absolute Gasteiger partial charge is 0.372 e. The highest BCUT2D eigenvalue weighted by molar-refractivity contribution is 5.29. The Hall–Kier alpha value is -1.16. The lowest BCUT2D eigenvalue weighted by atomic mass is 9.76. The molecule has 1 aromatic heterocycles. The number of rotatable bonds is 4. The summed E-state index contributed by atoms with van der Waals surface area (Å²) in [5.74, 6) is 0.790. The number of nitrogens with one attached hydrogen (secondary N) is 1. The van der Waals surface area contributed by atoms with Crippen LogP contribution in [-0.2, 0) is 11.3 Å². The van der Waals surface area contributed by atoms with Gasteiger partial charge < -0.3 is 10.1 Å². The van der Waals surface area contributed by atoms with Crippen molar-refractivity contribution in [3.63, 3.8) is 0 Å². The third kappa shape index (κ3) is 3.67. The monoisotopic (exact) mass is 249 g/mol. The number of nitrogens with zero attached hydrogens (tertiary/aromatic N) is 2. The van der Waals surface area contributed by atoms with Gasteiger partial charge in [-0.05, 0) is 31.1 Å². The van der Waals surface area contributed by atoms with Crippen LogP contribution in [0.5, 0.6) is 0 Å². The minimum Gasteiger partial charge on any atom is -0.372 e. The van der Waals surface area contributed by atoms with Crippen molar-refractivity contribution in [2.45, 2.75) is 52.2 Å². The molecule has 0 bridgehead atoms. The van der Waals surface area contributed by atoms with E-state index in [1.807, 2.05) is 7.05 Å². The quantitative estimate of drug-likeness (QED) is 0.891. The third-order valence-corrected chi connectivity index (χ3v) is 3.71. The Labute approximate surface area is 109 Å². The van der Waals surface area contributed by atoms with E-state index in [1.54, 1.807) is 12.4 Å². The summed E-state index contributed by atoms with van der Waals surface area (Å²) in [6.45, 7) is 5.25. The van der Waals surface area contributed by atoms with Gasteiger partial charge in [-0.3, -0.25) is 4.98 Å². The molecule has 4 nitrogen and oxygen atoms in total. The molecule has 100 valence electrons. The molecule has 18 heavy (non-hydrogen) atoms. The molecule has 1 heterocycles. The summed E-state index contributed by atoms with van der Waals surface area (Å²) >= 11 is 0. The number of hydrogen-bond donors (Lipinski definition) is 1. The molecule has 1 N–H and O–H groups in total. The van der Waals surface area contributed by atoms with Gasteiger partial charge in [0.2, 0.25) is 0 Å². The second-order valence-electron chi connectivity index (χ2n) is 5.82. The lowest BCUT2D eigenvalue weighted by Crippen LogP contribution is -2.26. The van der Waals surface area contributed by atoms with Crippen molar-refractivity contribution in [2.24, 2.45) is 5.41 Å². The van der Waals surface area contributed by atoms with Gasteiger partial charge in [0.25, 0.3) is 0 Å². The van der Waals surface area contributed by atoms with Gasteiger partial charge in [-0.2, -0.15) is 0 Å². The number of ether oxygens (including phenoxy) is 1. The van der Waals surface area contributed by atoms with Crippen LogP contribution in [0.1, 0.15) is 45.2 Å². The Morgan fingerprint density at radius 3 is 2.56 bits per heavy atom. The lowest BCUT2D eigenvalue weighted by Gasteiger charge is -2.34. The summed E-state index contributed by atoms with van der Waals surface area (Å²) in [5, 5.41) is 2.95. The first-order valence-corrected chi connectivity index (χ1v) is 6.69. The Balaban J connectivity index is 1.78. The molecule has 0 amide bonds. The molecule has 2 rings (SSSR count). The summed E-state index contributed by atoms with van der Waals surface area (Å²) in [7, 11) is 1.84. The second kappa shape index (κ2) is 5.65. The van der Waals surface area contributed by atoms with Crippen molar-refractivity contribution in [3.05, 3.63) is 18.1 Å². The van der Waals surface area contributed by atoms with Crippen molar-refractivity contribution in [2.75, 3.05) is 12.4 Å². The van der Waals surface area contributed by atoms with Crippen LogP contribution in [0.25, 0.3) is 0 Å². The van der Waals surface area contributed by atoms with Gasteiger partial charge in [0.05, 0.1) is 30.8 Å². The predicted molar refractivity (Wildman–Crippen MR) is 72.4 cm³/mol. The van der Waals surface area contributed by atoms with E-state index < -0.39 is 0 Å². The average Bonchev–Trinajstić information content (AvgIpc) is 2.38. The summed E-state index contributed by atoms with van der Waals surface area (Å²) in [4.78, 5) is 8.54. The molecule has 1 fully saturated rings. The minimum absolute atomic E-state index is 0.392. The number of anilines is 1. The van der Waals surface area contributed by atoms with Crippen LogP contribution in [0.2, 0.25) is 0 Å². The van der Waals surface area contributed by atoms with Crippen molar-refractivity contribution < 1.29 is 4.74 Å². The molecule has 0 spiro atoms. The predicted octanol–water partition coefficient (Wildman–Crippen LogP) is 3.00. The molecular weight excluding hydrogens is 226 g/mol. The molecular formula is C14H23N3O. The van der Waals surface area contributed by atoms with Gasteiger partial charge in [-0.15, -0.1) is 0 Å². The zero-order chi connectivity index (χ0) is 13.0. The van der Waals surface area contributed by atoms with E-state index >= 15 is 0 Å². The van der Waals surface area contributed by atoms with E-state index in [1.165, 1.54) is 12.8 Å². The average molecular weight is 249 g/mol. The summed E-state index contributed by atoms with van der Waals surface area (Å²) in [6.07, 6.45) is 8.74. The van der Waals surface area contributed by atoms with Crippen LogP contribution < -0.4 is 5.32 Å². The fourth-order valence-corrected chi connectivity index (χ4v) is 2.30. The van der Waals surface area contributed by atoms with Crippen molar-refractivity contribution in [1.82, 2.24) is 9.97 Å². The first-order chi connectivity index (χ1) is 8.59. The standard InChI is InChI=1S/C14H23N3O/c1-14(2)6-4-12(5-7-14)18-10-11-8-17-13(15-3)9-16-11/h8-9,12H,4-7,10H2,1-3H3,(H,15,17). The van der Waals surface area contributed by atoms with E-state index in [9.17, 15) is 0 Å². The van der Waals surface area contributed by atoms with Crippen LogP contribution in [0.15, 0.2) is 12.4 Å². The first-order valence-electron chi connectivity index (χ1n) is 6.69. The maximum Gasteiger partial charge on any atom is 0.144 e. The van der Waals surface area contributed by atoms with E-state index in [-0.39, 0.29) is 0 Å². The molecule has 0 aromatic carbocycles. The van der Waals surface area contributed by atoms with Gasteiger partial charge >= 0.3 is 0 Å². The van der Waals surface area contributed by atoms with Crippen LogP contribution in [0, 0.1) is 5.41 Å². The molecule has 1 aromatic rings. The van der Waals surface area contributed by atoms with E-state index in [2.05, 4.69) is 29.1 Å². The zero-order valence-corrected chi connectivity index (χ0v) is 11.6. The van der Waals surface area contributed by atoms with Gasteiger partial charge in [0, 0.05) is 7.05 Å². The molecule has 0 aliphatic heterocycles. The van der Waals surface area contributed by atoms with Crippen LogP contribution in [-0.4, -0.2) is 23.1 Å². The van der Waals surface area contributed by atoms with Crippen molar-refractivity contribution in [3.8, 4) is 0 Å². The highest BCUT2D eigenvalue weighted by Crippen LogP contribution is 2.36. The van der Waals surface area contributed by atoms with Crippen molar-refractivity contribution >= 4 is 5.82 Å². The Morgan fingerprint density at radius 1 is 1.28 bits per heavy atom. The number of aromatic nitrogens is 2. The van der Waals surface area contributed by atoms with Crippen LogP contribution >= 0.6 is 0 Å². The molecule has 0 saturated heterocycles. The van der Waals surface area contributed by atoms with E-state index in [0.717, 1.165) is 24.4 Å². The second-order valence-corrected chi connectivity index (χ2v) is 5.82. The van der Waals surface area contributed by atoms with Gasteiger partial charge in [0.1, 0.15) is 5.82 Å². The van der Waals surface area contributed by atoms with Crippen LogP contribution in [0.4, 0.5) is 5.82 Å². The molecule has 1 aliphatic rings. The molecule has 0 atom stereocenters. The molecule has 0 unspecified atom stereocenters. The van der Waals surface area contributed by atoms with E-state index in [0.29, 0.717) is 18.1 Å². The van der Waals surface area contributed by atoms with Crippen LogP contribution in [0.3, 0.4) is 0 Å².